The van der Waals surface area contributed by atoms with Crippen molar-refractivity contribution in [2.75, 3.05) is 10.6 Å². The van der Waals surface area contributed by atoms with Crippen molar-refractivity contribution in [3.8, 4) is 0 Å². The number of nitrogens with one attached hydrogen (secondary N) is 2. The molecule has 2 aliphatic rings. The lowest BCUT2D eigenvalue weighted by molar-refractivity contribution is -0.115. The maximum absolute atomic E-state index is 13.2. The summed E-state index contributed by atoms with van der Waals surface area (Å²) < 4.78 is 27.9. The van der Waals surface area contributed by atoms with Gasteiger partial charge in [-0.1, -0.05) is 6.42 Å². The van der Waals surface area contributed by atoms with E-state index < -0.39 is 10.0 Å². The second-order valence-electron chi connectivity index (χ2n) is 8.40. The van der Waals surface area contributed by atoms with E-state index in [1.54, 1.807) is 28.6 Å². The molecule has 170 valence electrons. The Morgan fingerprint density at radius 2 is 1.72 bits per heavy atom. The molecule has 1 fully saturated rings. The smallest absolute Gasteiger partial charge is 0.255 e. The van der Waals surface area contributed by atoms with Crippen molar-refractivity contribution in [3.63, 3.8) is 0 Å². The van der Waals surface area contributed by atoms with Gasteiger partial charge in [0.25, 0.3) is 5.91 Å². The maximum atomic E-state index is 13.2. The third-order valence-corrected chi connectivity index (χ3v) is 9.29. The van der Waals surface area contributed by atoms with Crippen LogP contribution in [0.1, 0.15) is 50.4 Å². The van der Waals surface area contributed by atoms with Gasteiger partial charge in [-0.3, -0.25) is 9.59 Å². The van der Waals surface area contributed by atoms with E-state index in [9.17, 15) is 18.0 Å². The summed E-state index contributed by atoms with van der Waals surface area (Å²) in [6.45, 7) is 5.73. The van der Waals surface area contributed by atoms with E-state index >= 15 is 0 Å². The second-order valence-corrected chi connectivity index (χ2v) is 11.6. The van der Waals surface area contributed by atoms with Gasteiger partial charge < -0.3 is 10.6 Å². The summed E-state index contributed by atoms with van der Waals surface area (Å²) >= 11 is 1.46. The Hall–Kier alpha value is -2.36. The number of carbonyl (C=O) groups excluding carboxylic acids is 2. The third kappa shape index (κ3) is 4.42. The minimum Gasteiger partial charge on any atom is -0.324 e. The fraction of sp³-hybridized carbons (Fsp3) is 0.391. The van der Waals surface area contributed by atoms with Gasteiger partial charge in [0.1, 0.15) is 0 Å². The van der Waals surface area contributed by atoms with Crippen LogP contribution in [0.3, 0.4) is 0 Å². The van der Waals surface area contributed by atoms with E-state index in [2.05, 4.69) is 10.6 Å². The fourth-order valence-electron chi connectivity index (χ4n) is 4.26. The molecule has 1 saturated heterocycles. The van der Waals surface area contributed by atoms with Crippen molar-refractivity contribution < 1.29 is 18.0 Å². The Kier molecular flexibility index (Phi) is 6.33. The summed E-state index contributed by atoms with van der Waals surface area (Å²) in [5, 5.41) is 5.44. The van der Waals surface area contributed by atoms with Crippen molar-refractivity contribution in [1.82, 2.24) is 4.31 Å². The van der Waals surface area contributed by atoms with Crippen LogP contribution >= 0.6 is 11.8 Å². The van der Waals surface area contributed by atoms with Gasteiger partial charge in [-0.15, -0.1) is 11.8 Å². The van der Waals surface area contributed by atoms with E-state index in [1.807, 2.05) is 26.8 Å². The van der Waals surface area contributed by atoms with Gasteiger partial charge in [0, 0.05) is 28.2 Å². The molecule has 7 nitrogen and oxygen atoms in total. The number of piperidine rings is 1. The van der Waals surface area contributed by atoms with Crippen molar-refractivity contribution in [1.29, 1.82) is 0 Å². The fourth-order valence-corrected chi connectivity index (χ4v) is 7.07. The molecule has 9 heteroatoms. The Morgan fingerprint density at radius 1 is 1.06 bits per heavy atom. The summed E-state index contributed by atoms with van der Waals surface area (Å²) in [5.41, 5.74) is 1.53. The van der Waals surface area contributed by atoms with Gasteiger partial charge in [-0.05, 0) is 76.1 Å². The average Bonchev–Trinajstić information content (AvgIpc) is 2.74. The van der Waals surface area contributed by atoms with E-state index in [-0.39, 0.29) is 34.0 Å². The molecule has 0 aromatic heterocycles. The van der Waals surface area contributed by atoms with Gasteiger partial charge in [-0.25, -0.2) is 8.42 Å². The van der Waals surface area contributed by atoms with Crippen molar-refractivity contribution in [2.24, 2.45) is 0 Å². The predicted molar refractivity (Wildman–Crippen MR) is 127 cm³/mol. The number of benzene rings is 2. The quantitative estimate of drug-likeness (QED) is 0.689. The number of thioether (sulfide) groups is 1. The van der Waals surface area contributed by atoms with Gasteiger partial charge in [0.05, 0.1) is 15.8 Å². The average molecular weight is 474 g/mol. The first-order valence-corrected chi connectivity index (χ1v) is 13.1. The lowest BCUT2D eigenvalue weighted by Crippen LogP contribution is -2.47. The molecular formula is C23H27N3O4S2. The number of hydrogen-bond donors (Lipinski definition) is 2. The van der Waals surface area contributed by atoms with Gasteiger partial charge in [0.2, 0.25) is 15.9 Å². The summed E-state index contributed by atoms with van der Waals surface area (Å²) in [6, 6.07) is 11.4. The first kappa shape index (κ1) is 22.8. The third-order valence-electron chi connectivity index (χ3n) is 5.97. The Balaban J connectivity index is 1.49. The summed E-state index contributed by atoms with van der Waals surface area (Å²) in [6.07, 6.45) is 2.75. The monoisotopic (exact) mass is 473 g/mol. The molecule has 0 aliphatic carbocycles. The van der Waals surface area contributed by atoms with Crippen molar-refractivity contribution in [2.45, 2.75) is 67.2 Å². The van der Waals surface area contributed by atoms with E-state index in [1.165, 1.54) is 23.9 Å². The molecular weight excluding hydrogens is 446 g/mol. The highest BCUT2D eigenvalue weighted by Crippen LogP contribution is 2.36. The van der Waals surface area contributed by atoms with Crippen LogP contribution in [0.5, 0.6) is 0 Å². The Bertz CT molecular complexity index is 1140. The van der Waals surface area contributed by atoms with Crippen LogP contribution in [0.15, 0.2) is 52.3 Å². The second kappa shape index (κ2) is 8.88. The molecule has 2 N–H and O–H groups in total. The van der Waals surface area contributed by atoms with E-state index in [4.69, 9.17) is 0 Å². The molecule has 0 spiro atoms. The number of anilines is 2. The molecule has 2 aliphatic heterocycles. The van der Waals surface area contributed by atoms with Crippen molar-refractivity contribution >= 4 is 45.0 Å². The number of sulfonamides is 1. The van der Waals surface area contributed by atoms with Crippen LogP contribution in [-0.4, -0.2) is 41.9 Å². The lowest BCUT2D eigenvalue weighted by atomic mass is 10.0. The number of amides is 2. The molecule has 0 bridgehead atoms. The zero-order valence-electron chi connectivity index (χ0n) is 18.3. The number of hydrogen-bond acceptors (Lipinski definition) is 5. The number of nitrogens with zero attached hydrogens (tertiary/aromatic N) is 1. The summed E-state index contributed by atoms with van der Waals surface area (Å²) in [7, 11) is -3.60. The van der Waals surface area contributed by atoms with E-state index in [0.717, 1.165) is 24.2 Å². The number of fused-ring (bicyclic) bond motifs is 1. The van der Waals surface area contributed by atoms with Crippen molar-refractivity contribution in [3.05, 3.63) is 48.0 Å². The van der Waals surface area contributed by atoms with Gasteiger partial charge >= 0.3 is 0 Å². The number of rotatable bonds is 4. The highest BCUT2D eigenvalue weighted by molar-refractivity contribution is 8.01. The molecule has 2 aromatic rings. The van der Waals surface area contributed by atoms with Gasteiger partial charge in [-0.2, -0.15) is 4.31 Å². The molecule has 32 heavy (non-hydrogen) atoms. The first-order valence-electron chi connectivity index (χ1n) is 10.7. The standard InChI is InChI=1S/C23H27N3O4S2/c1-14-5-4-6-15(2)26(14)32(29,30)19-10-8-18(9-11-19)24-23(28)17-7-12-21-20(13-17)25-22(27)16(3)31-21/h7-16H,4-6H2,1-3H3,(H,24,28)(H,25,27). The van der Waals surface area contributed by atoms with E-state index in [0.29, 0.717) is 16.9 Å². The van der Waals surface area contributed by atoms with Gasteiger partial charge in [0.15, 0.2) is 0 Å². The Morgan fingerprint density at radius 3 is 2.38 bits per heavy atom. The highest BCUT2D eigenvalue weighted by Gasteiger charge is 2.35. The molecule has 0 saturated carbocycles. The maximum Gasteiger partial charge on any atom is 0.255 e. The topological polar surface area (TPSA) is 95.6 Å². The largest absolute Gasteiger partial charge is 0.324 e. The molecule has 2 heterocycles. The summed E-state index contributed by atoms with van der Waals surface area (Å²) in [5.74, 6) is -0.422. The zero-order valence-corrected chi connectivity index (χ0v) is 19.9. The van der Waals surface area contributed by atoms with Crippen LogP contribution < -0.4 is 10.6 Å². The van der Waals surface area contributed by atoms with Crippen LogP contribution in [-0.2, 0) is 14.8 Å². The molecule has 3 unspecified atom stereocenters. The molecule has 3 atom stereocenters. The zero-order chi connectivity index (χ0) is 23.0. The SMILES string of the molecule is CC1Sc2ccc(C(=O)Nc3ccc(S(=O)(=O)N4C(C)CCCC4C)cc3)cc2NC1=O. The molecule has 2 aromatic carbocycles. The summed E-state index contributed by atoms with van der Waals surface area (Å²) in [4.78, 5) is 25.8. The minimum absolute atomic E-state index is 0.0335. The number of carbonyl (C=O) groups is 2. The lowest BCUT2D eigenvalue weighted by Gasteiger charge is -2.37. The first-order chi connectivity index (χ1) is 15.2. The predicted octanol–water partition coefficient (Wildman–Crippen LogP) is 4.32. The van der Waals surface area contributed by atoms with Crippen LogP contribution in [0.4, 0.5) is 11.4 Å². The normalized spacial score (nSPS) is 23.8. The highest BCUT2D eigenvalue weighted by atomic mass is 32.2. The molecule has 4 rings (SSSR count). The molecule has 0 radical (unpaired) electrons. The molecule has 2 amide bonds. The van der Waals surface area contributed by atoms with Crippen LogP contribution in [0, 0.1) is 0 Å². The van der Waals surface area contributed by atoms with Crippen LogP contribution in [0.25, 0.3) is 0 Å². The Labute approximate surface area is 193 Å². The minimum atomic E-state index is -3.60. The van der Waals surface area contributed by atoms with Crippen LogP contribution in [0.2, 0.25) is 0 Å².